The van der Waals surface area contributed by atoms with Crippen LogP contribution >= 0.6 is 11.3 Å². The fraction of sp³-hybridized carbons (Fsp3) is 0.312. The maximum Gasteiger partial charge on any atom is 0.256 e. The first-order valence-electron chi connectivity index (χ1n) is 7.15. The summed E-state index contributed by atoms with van der Waals surface area (Å²) in [5.41, 5.74) is 2.28. The van der Waals surface area contributed by atoms with Crippen molar-refractivity contribution in [2.75, 3.05) is 11.9 Å². The zero-order valence-corrected chi connectivity index (χ0v) is 13.5. The Kier molecular flexibility index (Phi) is 3.70. The highest BCUT2D eigenvalue weighted by Gasteiger charge is 2.30. The molecular weight excluding hydrogens is 300 g/mol. The Labute approximate surface area is 132 Å². The molecule has 1 atom stereocenters. The van der Waals surface area contributed by atoms with Gasteiger partial charge in [-0.1, -0.05) is 12.1 Å². The summed E-state index contributed by atoms with van der Waals surface area (Å²) in [6, 6.07) is 5.28. The fourth-order valence-corrected chi connectivity index (χ4v) is 3.66. The monoisotopic (exact) mass is 318 g/mol. The summed E-state index contributed by atoms with van der Waals surface area (Å²) in [7, 11) is 0. The Morgan fingerprint density at radius 2 is 2.09 bits per heavy atom. The second kappa shape index (κ2) is 5.53. The molecule has 0 saturated heterocycles. The second-order valence-corrected chi connectivity index (χ2v) is 6.39. The van der Waals surface area contributed by atoms with Gasteiger partial charge in [-0.2, -0.15) is 0 Å². The van der Waals surface area contributed by atoms with E-state index in [0.29, 0.717) is 23.5 Å². The average molecular weight is 318 g/mol. The molecule has 116 valence electrons. The molecule has 1 amide bonds. The number of benzene rings is 1. The van der Waals surface area contributed by atoms with Gasteiger partial charge in [0.15, 0.2) is 11.5 Å². The van der Waals surface area contributed by atoms with Crippen LogP contribution in [0.4, 0.5) is 5.00 Å². The average Bonchev–Trinajstić information content (AvgIpc) is 2.77. The number of phenols is 1. The quantitative estimate of drug-likeness (QED) is 0.812. The van der Waals surface area contributed by atoms with Crippen molar-refractivity contribution >= 4 is 22.2 Å². The first-order chi connectivity index (χ1) is 10.5. The van der Waals surface area contributed by atoms with Crippen LogP contribution in [0, 0.1) is 13.8 Å². The summed E-state index contributed by atoms with van der Waals surface area (Å²) < 4.78 is 5.40. The molecule has 0 radical (unpaired) electrons. The number of rotatable bonds is 3. The Morgan fingerprint density at radius 3 is 2.82 bits per heavy atom. The van der Waals surface area contributed by atoms with E-state index in [0.717, 1.165) is 15.4 Å². The number of phenolic OH excluding ortho intramolecular Hbond substituents is 1. The van der Waals surface area contributed by atoms with Crippen LogP contribution in [0.5, 0.6) is 11.5 Å². The van der Waals surface area contributed by atoms with Gasteiger partial charge in [0.25, 0.3) is 5.91 Å². The van der Waals surface area contributed by atoms with Crippen LogP contribution in [0.3, 0.4) is 0 Å². The number of hydrogen-bond acceptors (Lipinski definition) is 5. The predicted molar refractivity (Wildman–Crippen MR) is 86.9 cm³/mol. The van der Waals surface area contributed by atoms with Crippen molar-refractivity contribution in [3.8, 4) is 11.5 Å². The number of nitrogens with one attached hydrogen (secondary N) is 2. The number of ether oxygens (including phenoxy) is 1. The standard InChI is InChI=1S/C16H18N2O3S/c1-4-21-11-7-5-6-10(13(11)19)14-17-15(20)12-8(2)9(3)22-16(12)18-14/h5-7,14,18-19H,4H2,1-3H3,(H,17,20). The molecule has 3 N–H and O–H groups in total. The lowest BCUT2D eigenvalue weighted by atomic mass is 10.1. The van der Waals surface area contributed by atoms with E-state index >= 15 is 0 Å². The molecule has 1 unspecified atom stereocenters. The van der Waals surface area contributed by atoms with Gasteiger partial charge in [0.1, 0.15) is 11.2 Å². The van der Waals surface area contributed by atoms with Crippen LogP contribution in [0.2, 0.25) is 0 Å². The lowest BCUT2D eigenvalue weighted by Crippen LogP contribution is -2.38. The molecule has 3 rings (SSSR count). The number of aryl methyl sites for hydroxylation is 1. The SMILES string of the molecule is CCOc1cccc(C2NC(=O)c3c(sc(C)c3C)N2)c1O. The van der Waals surface area contributed by atoms with E-state index in [9.17, 15) is 9.90 Å². The van der Waals surface area contributed by atoms with Crippen molar-refractivity contribution in [1.29, 1.82) is 0 Å². The maximum atomic E-state index is 12.4. The molecule has 2 aromatic rings. The molecule has 0 aliphatic carbocycles. The third kappa shape index (κ3) is 2.29. The van der Waals surface area contributed by atoms with Crippen molar-refractivity contribution in [2.45, 2.75) is 26.9 Å². The van der Waals surface area contributed by atoms with Gasteiger partial charge in [-0.25, -0.2) is 0 Å². The van der Waals surface area contributed by atoms with Crippen molar-refractivity contribution < 1.29 is 14.6 Å². The smallest absolute Gasteiger partial charge is 0.256 e. The minimum atomic E-state index is -0.474. The summed E-state index contributed by atoms with van der Waals surface area (Å²) in [5.74, 6) is 0.345. The third-order valence-electron chi connectivity index (χ3n) is 3.80. The summed E-state index contributed by atoms with van der Waals surface area (Å²) in [4.78, 5) is 13.5. The van der Waals surface area contributed by atoms with Crippen LogP contribution in [0.15, 0.2) is 18.2 Å². The summed E-state index contributed by atoms with van der Waals surface area (Å²) >= 11 is 1.55. The number of thiophene rings is 1. The zero-order chi connectivity index (χ0) is 15.9. The first kappa shape index (κ1) is 14.7. The Balaban J connectivity index is 1.98. The van der Waals surface area contributed by atoms with Gasteiger partial charge in [0.2, 0.25) is 0 Å². The highest BCUT2D eigenvalue weighted by Crippen LogP contribution is 2.40. The Hall–Kier alpha value is -2.21. The van der Waals surface area contributed by atoms with E-state index in [1.165, 1.54) is 0 Å². The summed E-state index contributed by atoms with van der Waals surface area (Å²) in [6.45, 7) is 6.26. The molecule has 0 fully saturated rings. The summed E-state index contributed by atoms with van der Waals surface area (Å²) in [5, 5.41) is 17.4. The van der Waals surface area contributed by atoms with Gasteiger partial charge in [-0.05, 0) is 32.4 Å². The molecule has 0 saturated carbocycles. The van der Waals surface area contributed by atoms with Crippen LogP contribution in [0.25, 0.3) is 0 Å². The minimum absolute atomic E-state index is 0.0515. The van der Waals surface area contributed by atoms with Crippen LogP contribution in [-0.2, 0) is 0 Å². The molecular formula is C16H18N2O3S. The van der Waals surface area contributed by atoms with Gasteiger partial charge >= 0.3 is 0 Å². The number of anilines is 1. The lowest BCUT2D eigenvalue weighted by molar-refractivity contribution is 0.0935. The second-order valence-electron chi connectivity index (χ2n) is 5.17. The van der Waals surface area contributed by atoms with Crippen molar-refractivity contribution in [3.63, 3.8) is 0 Å². The van der Waals surface area contributed by atoms with Crippen LogP contribution in [0.1, 0.15) is 39.5 Å². The van der Waals surface area contributed by atoms with Gasteiger partial charge in [0.05, 0.1) is 12.2 Å². The van der Waals surface area contributed by atoms with Gasteiger partial charge in [0, 0.05) is 10.4 Å². The number of carbonyl (C=O) groups is 1. The molecule has 0 bridgehead atoms. The number of para-hydroxylation sites is 1. The Bertz CT molecular complexity index is 739. The van der Waals surface area contributed by atoms with E-state index in [1.807, 2.05) is 20.8 Å². The normalized spacial score (nSPS) is 16.7. The topological polar surface area (TPSA) is 70.6 Å². The Morgan fingerprint density at radius 1 is 1.32 bits per heavy atom. The van der Waals surface area contributed by atoms with Gasteiger partial charge in [-0.3, -0.25) is 4.79 Å². The highest BCUT2D eigenvalue weighted by molar-refractivity contribution is 7.16. The molecule has 1 aliphatic heterocycles. The minimum Gasteiger partial charge on any atom is -0.504 e. The van der Waals surface area contributed by atoms with E-state index in [2.05, 4.69) is 10.6 Å². The molecule has 1 aromatic heterocycles. The number of aromatic hydroxyl groups is 1. The van der Waals surface area contributed by atoms with Crippen molar-refractivity contribution in [3.05, 3.63) is 39.8 Å². The maximum absolute atomic E-state index is 12.4. The van der Waals surface area contributed by atoms with E-state index in [1.54, 1.807) is 29.5 Å². The van der Waals surface area contributed by atoms with Crippen molar-refractivity contribution in [1.82, 2.24) is 5.32 Å². The zero-order valence-electron chi connectivity index (χ0n) is 12.7. The third-order valence-corrected chi connectivity index (χ3v) is 4.94. The van der Waals surface area contributed by atoms with E-state index in [4.69, 9.17) is 4.74 Å². The molecule has 0 spiro atoms. The highest BCUT2D eigenvalue weighted by atomic mass is 32.1. The molecule has 22 heavy (non-hydrogen) atoms. The lowest BCUT2D eigenvalue weighted by Gasteiger charge is -2.27. The number of hydrogen-bond donors (Lipinski definition) is 3. The van der Waals surface area contributed by atoms with E-state index < -0.39 is 6.17 Å². The van der Waals surface area contributed by atoms with Crippen LogP contribution < -0.4 is 15.4 Å². The van der Waals surface area contributed by atoms with Gasteiger partial charge in [-0.15, -0.1) is 11.3 Å². The van der Waals surface area contributed by atoms with E-state index in [-0.39, 0.29) is 11.7 Å². The van der Waals surface area contributed by atoms with Gasteiger partial charge < -0.3 is 20.5 Å². The first-order valence-corrected chi connectivity index (χ1v) is 7.96. The largest absolute Gasteiger partial charge is 0.504 e. The predicted octanol–water partition coefficient (Wildman–Crippen LogP) is 3.32. The number of fused-ring (bicyclic) bond motifs is 1. The fourth-order valence-electron chi connectivity index (χ4n) is 2.57. The molecule has 5 nitrogen and oxygen atoms in total. The number of amides is 1. The molecule has 6 heteroatoms. The molecule has 2 heterocycles. The van der Waals surface area contributed by atoms with Crippen LogP contribution in [-0.4, -0.2) is 17.6 Å². The molecule has 1 aromatic carbocycles. The summed E-state index contributed by atoms with van der Waals surface area (Å²) in [6.07, 6.45) is -0.474. The number of carbonyl (C=O) groups excluding carboxylic acids is 1. The van der Waals surface area contributed by atoms with Crippen molar-refractivity contribution in [2.24, 2.45) is 0 Å². The molecule has 1 aliphatic rings.